The topological polar surface area (TPSA) is 0 Å². The number of benzene rings is 3. The lowest BCUT2D eigenvalue weighted by molar-refractivity contribution is 0.730. The van der Waals surface area contributed by atoms with E-state index in [1.165, 1.54) is 27.8 Å². The molecule has 0 aliphatic heterocycles. The average molecular weight is 336 g/mol. The first kappa shape index (κ1) is 16.6. The van der Waals surface area contributed by atoms with E-state index in [0.717, 1.165) is 12.8 Å². The highest BCUT2D eigenvalue weighted by molar-refractivity contribution is 5.61. The Morgan fingerprint density at radius 3 is 1.65 bits per heavy atom. The fourth-order valence-corrected chi connectivity index (χ4v) is 4.07. The number of aryl methyl sites for hydroxylation is 1. The molecule has 0 saturated carbocycles. The Bertz CT molecular complexity index is 873. The van der Waals surface area contributed by atoms with Gasteiger partial charge in [0.1, 0.15) is 0 Å². The Balaban J connectivity index is 2.08. The van der Waals surface area contributed by atoms with Crippen LogP contribution in [0.4, 0.5) is 0 Å². The molecule has 0 atom stereocenters. The summed E-state index contributed by atoms with van der Waals surface area (Å²) in [5, 5.41) is 0. The van der Waals surface area contributed by atoms with Crippen LogP contribution in [-0.4, -0.2) is 0 Å². The maximum atomic E-state index is 2.42. The number of hydrogen-bond donors (Lipinski definition) is 0. The van der Waals surface area contributed by atoms with E-state index in [-0.39, 0.29) is 5.41 Å². The van der Waals surface area contributed by atoms with Gasteiger partial charge in [-0.05, 0) is 42.0 Å². The minimum absolute atomic E-state index is 0.285. The first-order chi connectivity index (χ1) is 12.8. The molecule has 0 nitrogen and oxygen atoms in total. The summed E-state index contributed by atoms with van der Waals surface area (Å²) >= 11 is 0. The van der Waals surface area contributed by atoms with Crippen LogP contribution in [0.3, 0.4) is 0 Å². The largest absolute Gasteiger partial charge is 0.0839 e. The van der Waals surface area contributed by atoms with E-state index < -0.39 is 0 Å². The van der Waals surface area contributed by atoms with Crippen molar-refractivity contribution in [3.8, 4) is 0 Å². The van der Waals surface area contributed by atoms with Crippen molar-refractivity contribution in [1.82, 2.24) is 0 Å². The van der Waals surface area contributed by atoms with Gasteiger partial charge in [0.15, 0.2) is 0 Å². The lowest BCUT2D eigenvalue weighted by Crippen LogP contribution is -2.31. The summed E-state index contributed by atoms with van der Waals surface area (Å²) in [6.07, 6.45) is 9.27. The zero-order valence-electron chi connectivity index (χ0n) is 15.2. The standard InChI is InChI=1S/C26H24/c1-21-17-19-25(20-18-21)26(22-11-5-2-6-12-22,23-13-7-3-8-14-23)24-15-9-4-10-16-24/h2-3,5-9,11-20H,4,10H2,1H3. The van der Waals surface area contributed by atoms with E-state index in [1.54, 1.807) is 0 Å². The van der Waals surface area contributed by atoms with Gasteiger partial charge in [0.05, 0.1) is 5.41 Å². The lowest BCUT2D eigenvalue weighted by Gasteiger charge is -2.38. The first-order valence-corrected chi connectivity index (χ1v) is 9.37. The molecule has 1 aliphatic carbocycles. The summed E-state index contributed by atoms with van der Waals surface area (Å²) in [5.41, 5.74) is 6.31. The molecule has 0 heteroatoms. The number of hydrogen-bond acceptors (Lipinski definition) is 0. The highest BCUT2D eigenvalue weighted by Gasteiger charge is 2.39. The van der Waals surface area contributed by atoms with E-state index in [2.05, 4.69) is 110 Å². The van der Waals surface area contributed by atoms with Crippen molar-refractivity contribution >= 4 is 0 Å². The molecule has 0 spiro atoms. The molecule has 0 N–H and O–H groups in total. The highest BCUT2D eigenvalue weighted by Crippen LogP contribution is 2.46. The van der Waals surface area contributed by atoms with Gasteiger partial charge in [-0.1, -0.05) is 109 Å². The molecule has 0 amide bonds. The monoisotopic (exact) mass is 336 g/mol. The molecule has 128 valence electrons. The summed E-state index contributed by atoms with van der Waals surface area (Å²) in [7, 11) is 0. The third kappa shape index (κ3) is 2.82. The molecule has 0 heterocycles. The molecular weight excluding hydrogens is 312 g/mol. The predicted molar refractivity (Wildman–Crippen MR) is 110 cm³/mol. The van der Waals surface area contributed by atoms with Crippen LogP contribution in [0.1, 0.15) is 35.1 Å². The van der Waals surface area contributed by atoms with Crippen molar-refractivity contribution in [3.05, 3.63) is 131 Å². The molecule has 3 aromatic carbocycles. The first-order valence-electron chi connectivity index (χ1n) is 9.37. The minimum Gasteiger partial charge on any atom is -0.0839 e. The molecule has 4 rings (SSSR count). The Hall–Kier alpha value is -2.86. The molecule has 0 radical (unpaired) electrons. The lowest BCUT2D eigenvalue weighted by atomic mass is 9.64. The Morgan fingerprint density at radius 2 is 1.15 bits per heavy atom. The molecule has 0 unspecified atom stereocenters. The van der Waals surface area contributed by atoms with Crippen molar-refractivity contribution in [2.45, 2.75) is 25.2 Å². The molecule has 0 fully saturated rings. The molecule has 26 heavy (non-hydrogen) atoms. The molecule has 0 saturated heterocycles. The third-order valence-corrected chi connectivity index (χ3v) is 5.33. The Labute approximate surface area is 156 Å². The Morgan fingerprint density at radius 1 is 0.615 bits per heavy atom. The van der Waals surface area contributed by atoms with Crippen LogP contribution in [0, 0.1) is 6.92 Å². The number of allylic oxidation sites excluding steroid dienone is 4. The highest BCUT2D eigenvalue weighted by atomic mass is 14.4. The van der Waals surface area contributed by atoms with Crippen LogP contribution in [0.25, 0.3) is 0 Å². The van der Waals surface area contributed by atoms with Crippen LogP contribution >= 0.6 is 0 Å². The van der Waals surface area contributed by atoms with Crippen molar-refractivity contribution in [2.75, 3.05) is 0 Å². The van der Waals surface area contributed by atoms with Crippen LogP contribution in [0.5, 0.6) is 0 Å². The van der Waals surface area contributed by atoms with Gasteiger partial charge in [-0.25, -0.2) is 0 Å². The van der Waals surface area contributed by atoms with E-state index in [4.69, 9.17) is 0 Å². The van der Waals surface area contributed by atoms with Gasteiger partial charge in [0, 0.05) is 0 Å². The summed E-state index contributed by atoms with van der Waals surface area (Å²) in [6.45, 7) is 2.15. The van der Waals surface area contributed by atoms with Crippen molar-refractivity contribution in [2.24, 2.45) is 0 Å². The normalized spacial score (nSPS) is 14.1. The summed E-state index contributed by atoms with van der Waals surface area (Å²) in [4.78, 5) is 0. The average Bonchev–Trinajstić information content (AvgIpc) is 2.72. The summed E-state index contributed by atoms with van der Waals surface area (Å²) in [5.74, 6) is 0. The van der Waals surface area contributed by atoms with E-state index in [0.29, 0.717) is 0 Å². The van der Waals surface area contributed by atoms with Gasteiger partial charge in [-0.3, -0.25) is 0 Å². The second kappa shape index (κ2) is 7.17. The van der Waals surface area contributed by atoms with E-state index in [9.17, 15) is 0 Å². The predicted octanol–water partition coefficient (Wildman–Crippen LogP) is 6.61. The smallest absolute Gasteiger partial charge is 0.0698 e. The molecule has 0 bridgehead atoms. The SMILES string of the molecule is Cc1ccc(C(C2=CCCC=C2)(c2ccccc2)c2ccccc2)cc1. The van der Waals surface area contributed by atoms with Gasteiger partial charge in [-0.15, -0.1) is 0 Å². The van der Waals surface area contributed by atoms with Gasteiger partial charge in [-0.2, -0.15) is 0 Å². The molecular formula is C26H24. The summed E-state index contributed by atoms with van der Waals surface area (Å²) < 4.78 is 0. The minimum atomic E-state index is -0.285. The van der Waals surface area contributed by atoms with Crippen LogP contribution in [0.2, 0.25) is 0 Å². The van der Waals surface area contributed by atoms with Gasteiger partial charge >= 0.3 is 0 Å². The van der Waals surface area contributed by atoms with Crippen molar-refractivity contribution in [1.29, 1.82) is 0 Å². The fraction of sp³-hybridized carbons (Fsp3) is 0.154. The second-order valence-electron chi connectivity index (χ2n) is 6.99. The zero-order chi connectivity index (χ0) is 17.8. The molecule has 1 aliphatic rings. The maximum Gasteiger partial charge on any atom is 0.0698 e. The van der Waals surface area contributed by atoms with Crippen LogP contribution in [-0.2, 0) is 5.41 Å². The molecule has 0 aromatic heterocycles. The van der Waals surface area contributed by atoms with Gasteiger partial charge in [0.25, 0.3) is 0 Å². The van der Waals surface area contributed by atoms with Crippen LogP contribution in [0.15, 0.2) is 109 Å². The van der Waals surface area contributed by atoms with Crippen molar-refractivity contribution < 1.29 is 0 Å². The quantitative estimate of drug-likeness (QED) is 0.470. The fourth-order valence-electron chi connectivity index (χ4n) is 4.07. The second-order valence-corrected chi connectivity index (χ2v) is 6.99. The van der Waals surface area contributed by atoms with Gasteiger partial charge in [0.2, 0.25) is 0 Å². The van der Waals surface area contributed by atoms with Crippen molar-refractivity contribution in [3.63, 3.8) is 0 Å². The maximum absolute atomic E-state index is 2.42. The number of rotatable bonds is 4. The molecule has 3 aromatic rings. The Kier molecular flexibility index (Phi) is 4.58. The van der Waals surface area contributed by atoms with E-state index in [1.807, 2.05) is 0 Å². The van der Waals surface area contributed by atoms with Crippen LogP contribution < -0.4 is 0 Å². The summed E-state index contributed by atoms with van der Waals surface area (Å²) in [6, 6.07) is 30.9. The third-order valence-electron chi connectivity index (χ3n) is 5.33. The van der Waals surface area contributed by atoms with Gasteiger partial charge < -0.3 is 0 Å². The van der Waals surface area contributed by atoms with E-state index >= 15 is 0 Å². The zero-order valence-corrected chi connectivity index (χ0v) is 15.2.